The molecule has 0 bridgehead atoms. The monoisotopic (exact) mass is 317 g/mol. The molecule has 0 aliphatic rings. The van der Waals surface area contributed by atoms with Gasteiger partial charge in [-0.2, -0.15) is 0 Å². The van der Waals surface area contributed by atoms with Crippen molar-refractivity contribution < 1.29 is 14.5 Å². The summed E-state index contributed by atoms with van der Waals surface area (Å²) in [5.74, 6) is -0.838. The number of benzene rings is 1. The molecule has 23 heavy (non-hydrogen) atoms. The molecule has 122 valence electrons. The predicted molar refractivity (Wildman–Crippen MR) is 87.0 cm³/mol. The zero-order valence-corrected chi connectivity index (χ0v) is 12.9. The zero-order valence-electron chi connectivity index (χ0n) is 12.9. The molecule has 1 atom stereocenters. The quantitative estimate of drug-likeness (QED) is 0.450. The molecule has 0 radical (unpaired) electrons. The first-order valence-electron chi connectivity index (χ1n) is 6.96. The molecule has 1 aromatic rings. The van der Waals surface area contributed by atoms with Crippen molar-refractivity contribution in [1.82, 2.24) is 10.2 Å². The second kappa shape index (κ2) is 8.47. The van der Waals surface area contributed by atoms with E-state index in [2.05, 4.69) is 18.5 Å². The number of nitro benzene ring substituents is 1. The maximum absolute atomic E-state index is 12.3. The summed E-state index contributed by atoms with van der Waals surface area (Å²) in [7, 11) is 0. The molecule has 0 saturated heterocycles. The Labute approximate surface area is 134 Å². The van der Waals surface area contributed by atoms with Crippen molar-refractivity contribution in [2.24, 2.45) is 0 Å². The molecule has 2 amide bonds. The number of rotatable bonds is 8. The largest absolute Gasteiger partial charge is 0.341 e. The Balaban J connectivity index is 2.81. The number of amides is 2. The van der Waals surface area contributed by atoms with E-state index >= 15 is 0 Å². The van der Waals surface area contributed by atoms with Gasteiger partial charge < -0.3 is 10.2 Å². The van der Waals surface area contributed by atoms with E-state index < -0.39 is 16.9 Å². The average Bonchev–Trinajstić information content (AvgIpc) is 2.53. The first-order valence-corrected chi connectivity index (χ1v) is 6.96. The van der Waals surface area contributed by atoms with Gasteiger partial charge in [0.1, 0.15) is 6.04 Å². The Hall–Kier alpha value is -2.96. The molecule has 7 nitrogen and oxygen atoms in total. The second-order valence-corrected chi connectivity index (χ2v) is 4.82. The second-order valence-electron chi connectivity index (χ2n) is 4.82. The van der Waals surface area contributed by atoms with Crippen LogP contribution in [0.15, 0.2) is 49.6 Å². The summed E-state index contributed by atoms with van der Waals surface area (Å²) in [6.45, 7) is 9.38. The highest BCUT2D eigenvalue weighted by Gasteiger charge is 2.21. The minimum atomic E-state index is -0.776. The number of carbonyl (C=O) groups excluding carboxylic acids is 2. The maximum atomic E-state index is 12.3. The minimum Gasteiger partial charge on any atom is -0.341 e. The van der Waals surface area contributed by atoms with E-state index in [1.165, 1.54) is 23.1 Å². The number of carbonyl (C=O) groups is 2. The van der Waals surface area contributed by atoms with Crippen LogP contribution in [0, 0.1) is 10.1 Å². The molecule has 7 heteroatoms. The number of nitro groups is 1. The van der Waals surface area contributed by atoms with Gasteiger partial charge in [-0.1, -0.05) is 18.2 Å². The van der Waals surface area contributed by atoms with E-state index in [1.54, 1.807) is 19.1 Å². The lowest BCUT2D eigenvalue weighted by molar-refractivity contribution is -0.384. The van der Waals surface area contributed by atoms with Gasteiger partial charge in [-0.15, -0.1) is 13.2 Å². The third-order valence-electron chi connectivity index (χ3n) is 3.05. The summed E-state index contributed by atoms with van der Waals surface area (Å²) < 4.78 is 0. The van der Waals surface area contributed by atoms with Crippen LogP contribution in [-0.4, -0.2) is 40.8 Å². The van der Waals surface area contributed by atoms with Gasteiger partial charge in [0.25, 0.3) is 11.6 Å². The van der Waals surface area contributed by atoms with E-state index in [-0.39, 0.29) is 17.2 Å². The standard InChI is InChI=1S/C16H19N3O4/c1-4-9-18(10-5-2)16(21)12(3)17-15(20)13-7-6-8-14(11-13)19(22)23/h4-8,11-12H,1-2,9-10H2,3H3,(H,17,20). The fraction of sp³-hybridized carbons (Fsp3) is 0.250. The molecular formula is C16H19N3O4. The van der Waals surface area contributed by atoms with Gasteiger partial charge in [0.15, 0.2) is 0 Å². The van der Waals surface area contributed by atoms with Crippen LogP contribution in [0.3, 0.4) is 0 Å². The van der Waals surface area contributed by atoms with Crippen molar-refractivity contribution in [1.29, 1.82) is 0 Å². The molecule has 1 rings (SSSR count). The van der Waals surface area contributed by atoms with E-state index in [9.17, 15) is 19.7 Å². The van der Waals surface area contributed by atoms with E-state index in [0.29, 0.717) is 13.1 Å². The molecule has 0 fully saturated rings. The molecule has 1 unspecified atom stereocenters. The molecule has 0 aliphatic heterocycles. The summed E-state index contributed by atoms with van der Waals surface area (Å²) in [6, 6.07) is 4.55. The van der Waals surface area contributed by atoms with E-state index in [4.69, 9.17) is 0 Å². The van der Waals surface area contributed by atoms with Crippen LogP contribution >= 0.6 is 0 Å². The van der Waals surface area contributed by atoms with Crippen molar-refractivity contribution in [3.63, 3.8) is 0 Å². The summed E-state index contributed by atoms with van der Waals surface area (Å²) in [4.78, 5) is 36.0. The lowest BCUT2D eigenvalue weighted by Gasteiger charge is -2.23. The van der Waals surface area contributed by atoms with E-state index in [0.717, 1.165) is 6.07 Å². The topological polar surface area (TPSA) is 92.6 Å². The number of hydrogen-bond acceptors (Lipinski definition) is 4. The van der Waals surface area contributed by atoms with Crippen LogP contribution < -0.4 is 5.32 Å². The SMILES string of the molecule is C=CCN(CC=C)C(=O)C(C)NC(=O)c1cccc([N+](=O)[O-])c1. The van der Waals surface area contributed by atoms with Gasteiger partial charge in [0, 0.05) is 30.8 Å². The van der Waals surface area contributed by atoms with Crippen molar-refractivity contribution in [3.05, 3.63) is 65.3 Å². The highest BCUT2D eigenvalue weighted by atomic mass is 16.6. The van der Waals surface area contributed by atoms with Gasteiger partial charge in [0.05, 0.1) is 4.92 Å². The van der Waals surface area contributed by atoms with Gasteiger partial charge in [-0.05, 0) is 13.0 Å². The van der Waals surface area contributed by atoms with Crippen molar-refractivity contribution in [2.45, 2.75) is 13.0 Å². The molecular weight excluding hydrogens is 298 g/mol. The fourth-order valence-electron chi connectivity index (χ4n) is 1.94. The summed E-state index contributed by atoms with van der Waals surface area (Å²) >= 11 is 0. The highest BCUT2D eigenvalue weighted by molar-refractivity contribution is 5.97. The lowest BCUT2D eigenvalue weighted by atomic mass is 10.1. The first-order chi connectivity index (χ1) is 10.9. The normalized spacial score (nSPS) is 11.2. The Morgan fingerprint density at radius 2 is 1.96 bits per heavy atom. The predicted octanol–water partition coefficient (Wildman–Crippen LogP) is 1.91. The molecule has 1 aromatic carbocycles. The Morgan fingerprint density at radius 1 is 1.35 bits per heavy atom. The molecule has 0 heterocycles. The third-order valence-corrected chi connectivity index (χ3v) is 3.05. The molecule has 0 spiro atoms. The van der Waals surface area contributed by atoms with Crippen molar-refractivity contribution in [2.75, 3.05) is 13.1 Å². The molecule has 1 N–H and O–H groups in total. The van der Waals surface area contributed by atoms with Gasteiger partial charge in [-0.3, -0.25) is 19.7 Å². The van der Waals surface area contributed by atoms with E-state index in [1.807, 2.05) is 0 Å². The zero-order chi connectivity index (χ0) is 17.4. The smallest absolute Gasteiger partial charge is 0.270 e. The summed E-state index contributed by atoms with van der Waals surface area (Å²) in [5.41, 5.74) is -0.0607. The van der Waals surface area contributed by atoms with Crippen LogP contribution in [-0.2, 0) is 4.79 Å². The van der Waals surface area contributed by atoms with Crippen molar-refractivity contribution in [3.8, 4) is 0 Å². The molecule has 0 aromatic heterocycles. The van der Waals surface area contributed by atoms with Crippen LogP contribution in [0.2, 0.25) is 0 Å². The summed E-state index contributed by atoms with van der Waals surface area (Å²) in [6.07, 6.45) is 3.16. The van der Waals surface area contributed by atoms with Crippen LogP contribution in [0.5, 0.6) is 0 Å². The van der Waals surface area contributed by atoms with Crippen LogP contribution in [0.25, 0.3) is 0 Å². The molecule has 0 saturated carbocycles. The van der Waals surface area contributed by atoms with Crippen LogP contribution in [0.4, 0.5) is 5.69 Å². The number of nitrogens with zero attached hydrogens (tertiary/aromatic N) is 2. The Bertz CT molecular complexity index is 618. The fourth-order valence-corrected chi connectivity index (χ4v) is 1.94. The third kappa shape index (κ3) is 5.06. The Kier molecular flexibility index (Phi) is 6.67. The first kappa shape index (κ1) is 18.1. The van der Waals surface area contributed by atoms with Gasteiger partial charge >= 0.3 is 0 Å². The summed E-state index contributed by atoms with van der Waals surface area (Å²) in [5, 5.41) is 13.3. The van der Waals surface area contributed by atoms with Gasteiger partial charge in [-0.25, -0.2) is 0 Å². The number of nitrogens with one attached hydrogen (secondary N) is 1. The minimum absolute atomic E-state index is 0.123. The average molecular weight is 317 g/mol. The highest BCUT2D eigenvalue weighted by Crippen LogP contribution is 2.13. The number of hydrogen-bond donors (Lipinski definition) is 1. The lowest BCUT2D eigenvalue weighted by Crippen LogP contribution is -2.47. The number of non-ortho nitro benzene ring substituents is 1. The van der Waals surface area contributed by atoms with Crippen molar-refractivity contribution >= 4 is 17.5 Å². The van der Waals surface area contributed by atoms with Gasteiger partial charge in [0.2, 0.25) is 5.91 Å². The maximum Gasteiger partial charge on any atom is 0.270 e. The Morgan fingerprint density at radius 3 is 2.48 bits per heavy atom. The molecule has 0 aliphatic carbocycles. The van der Waals surface area contributed by atoms with Crippen LogP contribution in [0.1, 0.15) is 17.3 Å².